The van der Waals surface area contributed by atoms with Gasteiger partial charge >= 0.3 is 0 Å². The summed E-state index contributed by atoms with van der Waals surface area (Å²) in [6.07, 6.45) is 6.34. The fourth-order valence-electron chi connectivity index (χ4n) is 2.16. The maximum atomic E-state index is 8.62. The maximum Gasteiger partial charge on any atom is 0.170 e. The number of nitrogens with two attached hydrogens (primary N) is 1. The lowest BCUT2D eigenvalue weighted by Crippen LogP contribution is -2.20. The van der Waals surface area contributed by atoms with E-state index in [0.29, 0.717) is 11.7 Å². The summed E-state index contributed by atoms with van der Waals surface area (Å²) in [5.41, 5.74) is 6.22. The molecule has 0 heterocycles. The van der Waals surface area contributed by atoms with Crippen molar-refractivity contribution in [2.75, 3.05) is 0 Å². The van der Waals surface area contributed by atoms with Gasteiger partial charge in [0.25, 0.3) is 0 Å². The summed E-state index contributed by atoms with van der Waals surface area (Å²) >= 11 is 0. The first-order valence-corrected chi connectivity index (χ1v) is 6.04. The predicted octanol–water partition coefficient (Wildman–Crippen LogP) is 2.49. The first kappa shape index (κ1) is 11.8. The van der Waals surface area contributed by atoms with E-state index in [2.05, 4.69) is 5.16 Å². The monoisotopic (exact) mass is 234 g/mol. The molecule has 1 aliphatic rings. The number of amidine groups is 1. The van der Waals surface area contributed by atoms with Crippen LogP contribution in [-0.2, 0) is 0 Å². The normalized spacial score (nSPS) is 18.0. The number of hydrogen-bond acceptors (Lipinski definition) is 3. The molecule has 0 saturated heterocycles. The molecule has 1 aromatic carbocycles. The lowest BCUT2D eigenvalue weighted by atomic mass is 9.98. The van der Waals surface area contributed by atoms with E-state index in [1.807, 2.05) is 18.2 Å². The van der Waals surface area contributed by atoms with Gasteiger partial charge in [-0.3, -0.25) is 0 Å². The number of ether oxygens (including phenoxy) is 1. The number of nitrogens with zero attached hydrogens (tertiary/aromatic N) is 1. The summed E-state index contributed by atoms with van der Waals surface area (Å²) in [4.78, 5) is 0. The van der Waals surface area contributed by atoms with Crippen molar-refractivity contribution in [1.82, 2.24) is 0 Å². The Morgan fingerprint density at radius 3 is 2.76 bits per heavy atom. The van der Waals surface area contributed by atoms with Gasteiger partial charge in [-0.15, -0.1) is 0 Å². The average Bonchev–Trinajstić information content (AvgIpc) is 2.39. The third kappa shape index (κ3) is 3.12. The van der Waals surface area contributed by atoms with Crippen molar-refractivity contribution in [1.29, 1.82) is 0 Å². The minimum Gasteiger partial charge on any atom is -0.490 e. The van der Waals surface area contributed by atoms with Gasteiger partial charge in [0.2, 0.25) is 0 Å². The zero-order valence-electron chi connectivity index (χ0n) is 9.80. The molecule has 0 spiro atoms. The average molecular weight is 234 g/mol. The van der Waals surface area contributed by atoms with Gasteiger partial charge in [-0.2, -0.15) is 0 Å². The van der Waals surface area contributed by atoms with Gasteiger partial charge in [0.15, 0.2) is 5.84 Å². The molecule has 2 rings (SSSR count). The Morgan fingerprint density at radius 1 is 1.29 bits per heavy atom. The van der Waals surface area contributed by atoms with Crippen LogP contribution < -0.4 is 10.5 Å². The summed E-state index contributed by atoms with van der Waals surface area (Å²) in [6.45, 7) is 0. The van der Waals surface area contributed by atoms with Gasteiger partial charge in [-0.05, 0) is 37.8 Å². The van der Waals surface area contributed by atoms with Gasteiger partial charge in [-0.1, -0.05) is 23.7 Å². The molecule has 17 heavy (non-hydrogen) atoms. The molecule has 1 fully saturated rings. The molecule has 1 aliphatic carbocycles. The van der Waals surface area contributed by atoms with Crippen molar-refractivity contribution in [2.24, 2.45) is 10.9 Å². The second-order valence-electron chi connectivity index (χ2n) is 4.39. The van der Waals surface area contributed by atoms with Gasteiger partial charge in [-0.25, -0.2) is 0 Å². The second-order valence-corrected chi connectivity index (χ2v) is 4.39. The van der Waals surface area contributed by atoms with Crippen LogP contribution in [0.15, 0.2) is 29.4 Å². The molecular formula is C13H18N2O2. The van der Waals surface area contributed by atoms with Crippen molar-refractivity contribution in [3.05, 3.63) is 29.8 Å². The van der Waals surface area contributed by atoms with Gasteiger partial charge in [0, 0.05) is 5.56 Å². The SMILES string of the molecule is N/C(=N\O)c1cccc(OC2CCCCC2)c1. The number of benzene rings is 1. The van der Waals surface area contributed by atoms with Gasteiger partial charge in [0.1, 0.15) is 5.75 Å². The summed E-state index contributed by atoms with van der Waals surface area (Å²) in [5, 5.41) is 11.6. The summed E-state index contributed by atoms with van der Waals surface area (Å²) < 4.78 is 5.90. The van der Waals surface area contributed by atoms with E-state index in [4.69, 9.17) is 15.7 Å². The molecular weight excluding hydrogens is 216 g/mol. The highest BCUT2D eigenvalue weighted by molar-refractivity contribution is 5.97. The minimum atomic E-state index is 0.110. The van der Waals surface area contributed by atoms with Crippen LogP contribution in [0, 0.1) is 0 Å². The third-order valence-electron chi connectivity index (χ3n) is 3.09. The van der Waals surface area contributed by atoms with Crippen LogP contribution in [0.25, 0.3) is 0 Å². The highest BCUT2D eigenvalue weighted by Gasteiger charge is 2.15. The van der Waals surface area contributed by atoms with Crippen molar-refractivity contribution < 1.29 is 9.94 Å². The van der Waals surface area contributed by atoms with E-state index in [1.54, 1.807) is 6.07 Å². The molecule has 1 aromatic rings. The number of hydrogen-bond donors (Lipinski definition) is 2. The van der Waals surface area contributed by atoms with E-state index in [1.165, 1.54) is 19.3 Å². The lowest BCUT2D eigenvalue weighted by Gasteiger charge is -2.23. The molecule has 0 radical (unpaired) electrons. The fourth-order valence-corrected chi connectivity index (χ4v) is 2.16. The molecule has 1 saturated carbocycles. The van der Waals surface area contributed by atoms with Crippen LogP contribution in [0.4, 0.5) is 0 Å². The zero-order chi connectivity index (χ0) is 12.1. The van der Waals surface area contributed by atoms with E-state index < -0.39 is 0 Å². The number of oxime groups is 1. The van der Waals surface area contributed by atoms with Crippen LogP contribution >= 0.6 is 0 Å². The third-order valence-corrected chi connectivity index (χ3v) is 3.09. The Bertz CT molecular complexity index is 398. The summed E-state index contributed by atoms with van der Waals surface area (Å²) in [5.74, 6) is 0.903. The standard InChI is InChI=1S/C13H18N2O2/c14-13(15-16)10-5-4-8-12(9-10)17-11-6-2-1-3-7-11/h4-5,8-9,11,16H,1-3,6-7H2,(H2,14,15). The number of rotatable bonds is 3. The van der Waals surface area contributed by atoms with E-state index in [-0.39, 0.29) is 5.84 Å². The van der Waals surface area contributed by atoms with Gasteiger partial charge < -0.3 is 15.7 Å². The molecule has 92 valence electrons. The fraction of sp³-hybridized carbons (Fsp3) is 0.462. The predicted molar refractivity (Wildman–Crippen MR) is 66.5 cm³/mol. The van der Waals surface area contributed by atoms with Crippen LogP contribution in [0.1, 0.15) is 37.7 Å². The highest BCUT2D eigenvalue weighted by Crippen LogP contribution is 2.23. The zero-order valence-corrected chi connectivity index (χ0v) is 9.80. The molecule has 0 aromatic heterocycles. The molecule has 0 aliphatic heterocycles. The van der Waals surface area contributed by atoms with Gasteiger partial charge in [0.05, 0.1) is 6.10 Å². The smallest absolute Gasteiger partial charge is 0.170 e. The molecule has 0 bridgehead atoms. The molecule has 0 atom stereocenters. The summed E-state index contributed by atoms with van der Waals surface area (Å²) in [7, 11) is 0. The molecule has 0 amide bonds. The Morgan fingerprint density at radius 2 is 2.06 bits per heavy atom. The Labute approximate surface area is 101 Å². The van der Waals surface area contributed by atoms with Crippen LogP contribution in [0.5, 0.6) is 5.75 Å². The van der Waals surface area contributed by atoms with Crippen molar-refractivity contribution >= 4 is 5.84 Å². The first-order valence-electron chi connectivity index (χ1n) is 6.04. The largest absolute Gasteiger partial charge is 0.490 e. The first-order chi connectivity index (χ1) is 8.29. The van der Waals surface area contributed by atoms with Crippen LogP contribution in [-0.4, -0.2) is 17.1 Å². The minimum absolute atomic E-state index is 0.110. The molecule has 4 heteroatoms. The van der Waals surface area contributed by atoms with E-state index >= 15 is 0 Å². The lowest BCUT2D eigenvalue weighted by molar-refractivity contribution is 0.155. The van der Waals surface area contributed by atoms with Crippen LogP contribution in [0.2, 0.25) is 0 Å². The maximum absolute atomic E-state index is 8.62. The Kier molecular flexibility index (Phi) is 3.85. The Balaban J connectivity index is 2.05. The van der Waals surface area contributed by atoms with Crippen molar-refractivity contribution in [3.8, 4) is 5.75 Å². The topological polar surface area (TPSA) is 67.8 Å². The quantitative estimate of drug-likeness (QED) is 0.365. The van der Waals surface area contributed by atoms with Crippen LogP contribution in [0.3, 0.4) is 0 Å². The highest BCUT2D eigenvalue weighted by atomic mass is 16.5. The van der Waals surface area contributed by atoms with Crippen molar-refractivity contribution in [2.45, 2.75) is 38.2 Å². The summed E-state index contributed by atoms with van der Waals surface area (Å²) in [6, 6.07) is 7.36. The second kappa shape index (κ2) is 5.57. The van der Waals surface area contributed by atoms with Crippen molar-refractivity contribution in [3.63, 3.8) is 0 Å². The van der Waals surface area contributed by atoms with E-state index in [9.17, 15) is 0 Å². The molecule has 3 N–H and O–H groups in total. The molecule has 4 nitrogen and oxygen atoms in total. The molecule has 0 unspecified atom stereocenters. The Hall–Kier alpha value is -1.71. The van der Waals surface area contributed by atoms with E-state index in [0.717, 1.165) is 18.6 Å².